The molecule has 0 bridgehead atoms. The van der Waals surface area contributed by atoms with E-state index in [9.17, 15) is 0 Å². The van der Waals surface area contributed by atoms with E-state index < -0.39 is 6.37 Å². The minimum Gasteiger partial charge on any atom is -0.265 e. The lowest BCUT2D eigenvalue weighted by Crippen LogP contribution is -1.86. The first-order chi connectivity index (χ1) is 7.21. The minimum atomic E-state index is -1.45. The molecule has 0 unspecified atom stereocenters. The van der Waals surface area contributed by atoms with Gasteiger partial charge in [-0.15, -0.1) is 0 Å². The second-order valence-electron chi connectivity index (χ2n) is 2.73. The zero-order valence-corrected chi connectivity index (χ0v) is 7.14. The molecule has 0 fully saturated rings. The van der Waals surface area contributed by atoms with Crippen molar-refractivity contribution in [2.24, 2.45) is 0 Å². The van der Waals surface area contributed by atoms with Gasteiger partial charge in [-0.25, -0.2) is 0 Å². The molecule has 0 saturated heterocycles. The highest BCUT2D eigenvalue weighted by atomic mass is 14.6. The molecule has 0 amide bonds. The quantitative estimate of drug-likeness (QED) is 0.677. The lowest BCUT2D eigenvalue weighted by molar-refractivity contribution is 1.16. The Morgan fingerprint density at radius 2 is 1.54 bits per heavy atom. The van der Waals surface area contributed by atoms with Crippen molar-refractivity contribution in [3.8, 4) is 0 Å². The van der Waals surface area contributed by atoms with Gasteiger partial charge in [-0.3, -0.25) is 4.98 Å². The van der Waals surface area contributed by atoms with E-state index in [1.54, 1.807) is 36.7 Å². The van der Waals surface area contributed by atoms with Gasteiger partial charge in [-0.2, -0.15) is 0 Å². The second-order valence-corrected chi connectivity index (χ2v) is 2.73. The van der Waals surface area contributed by atoms with Gasteiger partial charge in [0, 0.05) is 15.1 Å². The average molecular weight is 171 g/mol. The van der Waals surface area contributed by atoms with Crippen LogP contribution in [0, 0.1) is 0 Å². The molecule has 0 N–H and O–H groups in total. The zero-order valence-electron chi connectivity index (χ0n) is 9.14. The fraction of sp³-hybridized carbons (Fsp3) is 0.0833. The summed E-state index contributed by atoms with van der Waals surface area (Å²) < 4.78 is 16.1. The molecule has 2 rings (SSSR count). The van der Waals surface area contributed by atoms with Crippen LogP contribution in [0.25, 0.3) is 0 Å². The van der Waals surface area contributed by atoms with Crippen molar-refractivity contribution < 1.29 is 2.74 Å². The molecule has 0 aliphatic carbocycles. The topological polar surface area (TPSA) is 12.9 Å². The van der Waals surface area contributed by atoms with E-state index in [2.05, 4.69) is 4.98 Å². The fourth-order valence-electron chi connectivity index (χ4n) is 1.12. The van der Waals surface area contributed by atoms with Gasteiger partial charge in [0.1, 0.15) is 0 Å². The fourth-order valence-corrected chi connectivity index (χ4v) is 1.12. The summed E-state index contributed by atoms with van der Waals surface area (Å²) >= 11 is 0. The Balaban J connectivity index is 2.44. The Labute approximate surface area is 80.9 Å². The smallest absolute Gasteiger partial charge is 0.0366 e. The molecule has 0 atom stereocenters. The van der Waals surface area contributed by atoms with Crippen LogP contribution in [0.15, 0.2) is 54.9 Å². The predicted octanol–water partition coefficient (Wildman–Crippen LogP) is 2.67. The number of rotatable bonds is 2. The van der Waals surface area contributed by atoms with Gasteiger partial charge in [-0.05, 0) is 29.6 Å². The molecule has 1 heteroatoms. The summed E-state index contributed by atoms with van der Waals surface area (Å²) in [5.74, 6) is 0. The molecular formula is C12H11N. The first kappa shape index (κ1) is 5.92. The Morgan fingerprint density at radius 1 is 0.923 bits per heavy atom. The van der Waals surface area contributed by atoms with Crippen LogP contribution in [0.5, 0.6) is 0 Å². The van der Waals surface area contributed by atoms with Crippen LogP contribution >= 0.6 is 0 Å². The third-order valence-corrected chi connectivity index (χ3v) is 1.74. The predicted molar refractivity (Wildman–Crippen MR) is 53.5 cm³/mol. The van der Waals surface area contributed by atoms with Crippen molar-refractivity contribution >= 4 is 0 Å². The molecule has 1 nitrogen and oxygen atoms in total. The van der Waals surface area contributed by atoms with Crippen molar-refractivity contribution in [1.29, 1.82) is 0 Å². The molecule has 0 aliphatic rings. The highest BCUT2D eigenvalue weighted by molar-refractivity contribution is 5.23. The van der Waals surface area contributed by atoms with Crippen LogP contribution in [0.2, 0.25) is 0 Å². The van der Waals surface area contributed by atoms with Crippen molar-refractivity contribution in [2.75, 3.05) is 0 Å². The SMILES string of the molecule is [2H]C([2H])(c1ccccc1)c1ccncc1. The van der Waals surface area contributed by atoms with Crippen molar-refractivity contribution in [2.45, 2.75) is 6.37 Å². The molecule has 1 heterocycles. The maximum atomic E-state index is 8.05. The maximum absolute atomic E-state index is 8.05. The van der Waals surface area contributed by atoms with Crippen LogP contribution in [0.1, 0.15) is 13.9 Å². The van der Waals surface area contributed by atoms with E-state index in [1.807, 2.05) is 18.2 Å². The molecule has 0 spiro atoms. The first-order valence-corrected chi connectivity index (χ1v) is 4.17. The Hall–Kier alpha value is -1.63. The van der Waals surface area contributed by atoms with Crippen LogP contribution in [-0.4, -0.2) is 4.98 Å². The standard InChI is InChI=1S/C12H11N/c1-2-4-11(5-3-1)10-12-6-8-13-9-7-12/h1-9H,10H2/i10D2. The Kier molecular flexibility index (Phi) is 1.76. The number of hydrogen-bond donors (Lipinski definition) is 0. The Morgan fingerprint density at radius 3 is 2.23 bits per heavy atom. The van der Waals surface area contributed by atoms with Gasteiger partial charge < -0.3 is 0 Å². The van der Waals surface area contributed by atoms with Gasteiger partial charge in [0.25, 0.3) is 0 Å². The van der Waals surface area contributed by atoms with E-state index in [0.717, 1.165) is 0 Å². The minimum absolute atomic E-state index is 0.628. The summed E-state index contributed by atoms with van der Waals surface area (Å²) in [5, 5.41) is 0. The van der Waals surface area contributed by atoms with Crippen LogP contribution < -0.4 is 0 Å². The highest BCUT2D eigenvalue weighted by Gasteiger charge is 1.93. The number of aromatic nitrogens is 1. The van der Waals surface area contributed by atoms with Gasteiger partial charge in [0.05, 0.1) is 0 Å². The van der Waals surface area contributed by atoms with Gasteiger partial charge in [-0.1, -0.05) is 30.3 Å². The first-order valence-electron chi connectivity index (χ1n) is 5.17. The largest absolute Gasteiger partial charge is 0.265 e. The summed E-state index contributed by atoms with van der Waals surface area (Å²) in [4.78, 5) is 3.89. The molecule has 1 aromatic carbocycles. The average Bonchev–Trinajstić information content (AvgIpc) is 2.31. The molecule has 64 valence electrons. The normalized spacial score (nSPS) is 13.2. The number of pyridine rings is 1. The summed E-state index contributed by atoms with van der Waals surface area (Å²) in [6.45, 7) is 0. The summed E-state index contributed by atoms with van der Waals surface area (Å²) in [6.07, 6.45) is 1.76. The molecule has 0 radical (unpaired) electrons. The lowest BCUT2D eigenvalue weighted by atomic mass is 10.1. The maximum Gasteiger partial charge on any atom is 0.0366 e. The molecule has 0 saturated carbocycles. The van der Waals surface area contributed by atoms with E-state index in [4.69, 9.17) is 2.74 Å². The molecular weight excluding hydrogens is 158 g/mol. The van der Waals surface area contributed by atoms with Crippen LogP contribution in [-0.2, 0) is 6.37 Å². The van der Waals surface area contributed by atoms with Crippen LogP contribution in [0.4, 0.5) is 0 Å². The molecule has 2 aromatic rings. The van der Waals surface area contributed by atoms with E-state index in [-0.39, 0.29) is 0 Å². The zero-order chi connectivity index (χ0) is 10.7. The van der Waals surface area contributed by atoms with Crippen LogP contribution in [0.3, 0.4) is 0 Å². The number of hydrogen-bond acceptors (Lipinski definition) is 1. The van der Waals surface area contributed by atoms with Gasteiger partial charge >= 0.3 is 0 Å². The lowest BCUT2D eigenvalue weighted by Gasteiger charge is -1.99. The van der Waals surface area contributed by atoms with Crippen molar-refractivity contribution in [1.82, 2.24) is 4.98 Å². The third kappa shape index (κ3) is 2.15. The van der Waals surface area contributed by atoms with Gasteiger partial charge in [0.15, 0.2) is 0 Å². The Bertz CT molecular complexity index is 384. The summed E-state index contributed by atoms with van der Waals surface area (Å²) in [5.41, 5.74) is 1.29. The summed E-state index contributed by atoms with van der Waals surface area (Å²) in [7, 11) is 0. The number of benzene rings is 1. The van der Waals surface area contributed by atoms with E-state index >= 15 is 0 Å². The second kappa shape index (κ2) is 3.85. The van der Waals surface area contributed by atoms with E-state index in [0.29, 0.717) is 11.1 Å². The number of nitrogens with zero attached hydrogens (tertiary/aromatic N) is 1. The van der Waals surface area contributed by atoms with Gasteiger partial charge in [0.2, 0.25) is 0 Å². The highest BCUT2D eigenvalue weighted by Crippen LogP contribution is 2.06. The van der Waals surface area contributed by atoms with E-state index in [1.165, 1.54) is 0 Å². The molecule has 0 aliphatic heterocycles. The summed E-state index contributed by atoms with van der Waals surface area (Å²) in [6, 6.07) is 12.6. The van der Waals surface area contributed by atoms with Crippen molar-refractivity contribution in [3.63, 3.8) is 0 Å². The molecule has 13 heavy (non-hydrogen) atoms. The third-order valence-electron chi connectivity index (χ3n) is 1.74. The monoisotopic (exact) mass is 171 g/mol. The van der Waals surface area contributed by atoms with Crippen molar-refractivity contribution in [3.05, 3.63) is 66.0 Å². The molecule has 1 aromatic heterocycles.